The first kappa shape index (κ1) is 58.7. The van der Waals surface area contributed by atoms with Crippen molar-refractivity contribution in [3.8, 4) is 11.5 Å². The molecule has 5 fully saturated rings. The van der Waals surface area contributed by atoms with Gasteiger partial charge in [0.05, 0.1) is 72.3 Å². The predicted molar refractivity (Wildman–Crippen MR) is 286 cm³/mol. The highest BCUT2D eigenvalue weighted by Gasteiger charge is 2.61. The molecule has 0 spiro atoms. The maximum Gasteiger partial charge on any atom is 0.320 e. The first-order chi connectivity index (χ1) is 35.1. The molecule has 1 aromatic carbocycles. The molecule has 0 bridgehead atoms. The molecule has 5 aliphatic rings. The van der Waals surface area contributed by atoms with E-state index < -0.39 is 82.6 Å². The number of aliphatic hydroxyl groups is 1. The minimum atomic E-state index is -1.41. The summed E-state index contributed by atoms with van der Waals surface area (Å²) in [6.45, 7) is 18.2. The highest BCUT2D eigenvalue weighted by Crippen LogP contribution is 2.49. The zero-order valence-corrected chi connectivity index (χ0v) is 47.9. The molecule has 1 aliphatic carbocycles. The lowest BCUT2D eigenvalue weighted by atomic mass is 9.70. The van der Waals surface area contributed by atoms with Crippen LogP contribution in [0.1, 0.15) is 99.5 Å². The lowest BCUT2D eigenvalue weighted by molar-refractivity contribution is -0.291. The zero-order chi connectivity index (χ0) is 53.8. The Morgan fingerprint density at radius 2 is 1.61 bits per heavy atom. The maximum atomic E-state index is 15.2. The van der Waals surface area contributed by atoms with E-state index in [1.165, 1.54) is 11.8 Å². The Morgan fingerprint density at radius 3 is 2.24 bits per heavy atom. The molecule has 414 valence electrons. The van der Waals surface area contributed by atoms with Gasteiger partial charge in [0.1, 0.15) is 17.1 Å². The quantitative estimate of drug-likeness (QED) is 0.170. The van der Waals surface area contributed by atoms with Crippen molar-refractivity contribution in [2.75, 3.05) is 71.8 Å². The SMILES string of the molecule is COc1ccc(N(CCS[C@@H]2C(=O)O[C@@]3(C)[C@H]2[C@@H](C)C(=O)[C@H](C)C[C@@](C)(OC)[C@H](O[C@@H]2O[C@H](C)C[C@@H](N4CCOCC4)[C@@H]2N(C)C)[C@@H](C)[C@H](O)[C@@H](C)C(=O)O[C@@H]3C)Cc2c(Cl)cncc2Cl)cc1OC1CCCC1. The van der Waals surface area contributed by atoms with Crippen LogP contribution in [0, 0.1) is 29.6 Å². The number of carbonyl (C=O) groups is 3. The van der Waals surface area contributed by atoms with Crippen molar-refractivity contribution in [3.63, 3.8) is 0 Å². The number of nitrogens with zero attached hydrogens (tertiary/aromatic N) is 4. The van der Waals surface area contributed by atoms with Gasteiger partial charge in [0, 0.05) is 98.5 Å². The van der Waals surface area contributed by atoms with Crippen LogP contribution in [0.5, 0.6) is 11.5 Å². The van der Waals surface area contributed by atoms with E-state index in [0.29, 0.717) is 59.2 Å². The fraction of sp³-hybridized carbons (Fsp3) is 0.745. The Balaban J connectivity index is 1.19. The molecule has 15 atom stereocenters. The molecule has 0 radical (unpaired) electrons. The summed E-state index contributed by atoms with van der Waals surface area (Å²) in [4.78, 5) is 54.9. The monoisotopic (exact) mass is 1090 g/mol. The number of benzene rings is 1. The number of halogens is 2. The number of ether oxygens (including phenoxy) is 8. The number of pyridine rings is 1. The Bertz CT molecular complexity index is 2220. The summed E-state index contributed by atoms with van der Waals surface area (Å²) in [5.41, 5.74) is -1.09. The van der Waals surface area contributed by atoms with Crippen molar-refractivity contribution in [1.29, 1.82) is 0 Å². The standard InChI is InChI=1S/C55H82Cl2N4O12S/c1-31-27-54(7,67-12)50(72-53-46(59(9)10)42(25-32(2)69-53)60-19-22-68-23-20-60)34(4)48(63)35(5)51(64)70-36(6)55(8)45(33(3)47(31)62)49(52(65)73-55)74-24-21-61(30-39-40(56)28-58-29-41(39)57)37-17-18-43(66-11)44(26-37)71-38-15-13-14-16-38/h17-18,26,28-29,31-36,38,42,45-46,48-50,53,63H,13-16,19-25,27,30H2,1-12H3/t31-,32-,33-,34+,35-,36-,42-,45+,46+,48+,49+,50-,53+,54-,55-/m1/s1. The van der Waals surface area contributed by atoms with Crippen molar-refractivity contribution < 1.29 is 57.4 Å². The molecule has 74 heavy (non-hydrogen) atoms. The number of aromatic nitrogens is 1. The second-order valence-corrected chi connectivity index (χ2v) is 24.2. The summed E-state index contributed by atoms with van der Waals surface area (Å²) in [5, 5.41) is 12.3. The second kappa shape index (κ2) is 25.2. The van der Waals surface area contributed by atoms with Crippen molar-refractivity contribution >= 4 is 58.4 Å². The summed E-state index contributed by atoms with van der Waals surface area (Å²) in [7, 11) is 7.24. The van der Waals surface area contributed by atoms with Crippen LogP contribution in [0.2, 0.25) is 10.0 Å². The van der Waals surface area contributed by atoms with Crippen LogP contribution in [-0.4, -0.2) is 170 Å². The maximum absolute atomic E-state index is 15.2. The summed E-state index contributed by atoms with van der Waals surface area (Å²) < 4.78 is 50.9. The molecule has 7 rings (SSSR count). The summed E-state index contributed by atoms with van der Waals surface area (Å²) in [6.07, 6.45) is 4.30. The number of Topliss-reactive ketones (excluding diaryl/α,β-unsaturated/α-hetero) is 1. The van der Waals surface area contributed by atoms with Gasteiger partial charge in [-0.15, -0.1) is 11.8 Å². The molecule has 0 amide bonds. The first-order valence-electron chi connectivity index (χ1n) is 26.6. The van der Waals surface area contributed by atoms with E-state index in [1.807, 2.05) is 66.9 Å². The van der Waals surface area contributed by atoms with E-state index in [1.54, 1.807) is 47.4 Å². The van der Waals surface area contributed by atoms with Gasteiger partial charge in [-0.2, -0.15) is 0 Å². The third-order valence-electron chi connectivity index (χ3n) is 16.9. The molecule has 1 aromatic heterocycles. The second-order valence-electron chi connectivity index (χ2n) is 22.1. The highest BCUT2D eigenvalue weighted by molar-refractivity contribution is 8.00. The third-order valence-corrected chi connectivity index (χ3v) is 18.8. The van der Waals surface area contributed by atoms with Gasteiger partial charge >= 0.3 is 11.9 Å². The van der Waals surface area contributed by atoms with Crippen molar-refractivity contribution in [2.24, 2.45) is 29.6 Å². The minimum absolute atomic E-state index is 0.0843. The number of carbonyl (C=O) groups excluding carboxylic acids is 3. The van der Waals surface area contributed by atoms with Gasteiger partial charge < -0.3 is 52.8 Å². The Labute approximate surface area is 453 Å². The first-order valence-corrected chi connectivity index (χ1v) is 28.4. The molecule has 4 aliphatic heterocycles. The number of anilines is 1. The van der Waals surface area contributed by atoms with Crippen LogP contribution >= 0.6 is 35.0 Å². The molecule has 5 heterocycles. The number of rotatable bonds is 15. The van der Waals surface area contributed by atoms with Crippen molar-refractivity contribution in [2.45, 2.75) is 166 Å². The average Bonchev–Trinajstić information content (AvgIpc) is 3.99. The van der Waals surface area contributed by atoms with Gasteiger partial charge in [0.25, 0.3) is 0 Å². The topological polar surface area (TPSA) is 168 Å². The average molecular weight is 1090 g/mol. The molecular weight excluding hydrogens is 1010 g/mol. The molecule has 19 heteroatoms. The number of hydrogen-bond donors (Lipinski definition) is 1. The highest BCUT2D eigenvalue weighted by atomic mass is 35.5. The number of aliphatic hydroxyl groups excluding tert-OH is 1. The number of esters is 2. The molecule has 2 aromatic rings. The molecule has 1 saturated carbocycles. The van der Waals surface area contributed by atoms with Crippen LogP contribution in [0.3, 0.4) is 0 Å². The number of thioether (sulfide) groups is 1. The Kier molecular flexibility index (Phi) is 20.0. The lowest BCUT2D eigenvalue weighted by Crippen LogP contribution is -2.64. The fourth-order valence-corrected chi connectivity index (χ4v) is 14.3. The third kappa shape index (κ3) is 12.8. The fourth-order valence-electron chi connectivity index (χ4n) is 12.4. The summed E-state index contributed by atoms with van der Waals surface area (Å²) in [5.74, 6) is -3.47. The predicted octanol–water partition coefficient (Wildman–Crippen LogP) is 8.12. The van der Waals surface area contributed by atoms with Gasteiger partial charge in [-0.1, -0.05) is 44.0 Å². The van der Waals surface area contributed by atoms with Crippen molar-refractivity contribution in [1.82, 2.24) is 14.8 Å². The lowest BCUT2D eigenvalue weighted by Gasteiger charge is -2.51. The number of morpholine rings is 1. The van der Waals surface area contributed by atoms with E-state index in [9.17, 15) is 14.7 Å². The molecule has 0 unspecified atom stereocenters. The largest absolute Gasteiger partial charge is 0.493 e. The normalized spacial score (nSPS) is 36.0. The Morgan fingerprint density at radius 1 is 0.932 bits per heavy atom. The number of likely N-dealkylation sites (N-methyl/N-ethyl adjacent to an activating group) is 1. The molecule has 16 nitrogen and oxygen atoms in total. The molecule has 4 saturated heterocycles. The number of cyclic esters (lactones) is 1. The molecule has 1 N–H and O–H groups in total. The van der Waals surface area contributed by atoms with Crippen LogP contribution in [0.4, 0.5) is 5.69 Å². The van der Waals surface area contributed by atoms with Crippen LogP contribution in [0.15, 0.2) is 30.6 Å². The van der Waals surface area contributed by atoms with Crippen LogP contribution in [0.25, 0.3) is 0 Å². The van der Waals surface area contributed by atoms with E-state index in [-0.39, 0.29) is 36.5 Å². The zero-order valence-electron chi connectivity index (χ0n) is 45.6. The number of ketones is 1. The number of hydrogen-bond acceptors (Lipinski definition) is 17. The van der Waals surface area contributed by atoms with E-state index in [2.05, 4.69) is 19.7 Å². The van der Waals surface area contributed by atoms with Crippen LogP contribution < -0.4 is 14.4 Å². The van der Waals surface area contributed by atoms with E-state index in [4.69, 9.17) is 61.1 Å². The van der Waals surface area contributed by atoms with Gasteiger partial charge in [0.2, 0.25) is 0 Å². The minimum Gasteiger partial charge on any atom is -0.493 e. The Hall–Kier alpha value is -2.97. The van der Waals surface area contributed by atoms with Gasteiger partial charge in [0.15, 0.2) is 23.4 Å². The van der Waals surface area contributed by atoms with E-state index >= 15 is 4.79 Å². The van der Waals surface area contributed by atoms with Gasteiger partial charge in [-0.25, -0.2) is 0 Å². The van der Waals surface area contributed by atoms with Crippen LogP contribution in [-0.2, 0) is 49.3 Å². The van der Waals surface area contributed by atoms with Gasteiger partial charge in [-0.3, -0.25) is 24.3 Å². The smallest absolute Gasteiger partial charge is 0.320 e. The van der Waals surface area contributed by atoms with Gasteiger partial charge in [-0.05, 0) is 99.4 Å². The number of fused-ring (bicyclic) bond motifs is 1. The van der Waals surface area contributed by atoms with Crippen molar-refractivity contribution in [3.05, 3.63) is 46.2 Å². The molecular formula is C55H82Cl2N4O12S. The van der Waals surface area contributed by atoms with E-state index in [0.717, 1.165) is 50.9 Å². The summed E-state index contributed by atoms with van der Waals surface area (Å²) in [6, 6.07) is 5.69. The summed E-state index contributed by atoms with van der Waals surface area (Å²) >= 11 is 14.8. The number of methoxy groups -OCH3 is 2.